The van der Waals surface area contributed by atoms with Gasteiger partial charge in [-0.2, -0.15) is 9.61 Å². The maximum Gasteiger partial charge on any atom is 0.256 e. The van der Waals surface area contributed by atoms with Crippen molar-refractivity contribution in [3.8, 4) is 0 Å². The zero-order chi connectivity index (χ0) is 17.4. The minimum atomic E-state index is 0.0698. The standard InChI is InChI=1S/C18H22N6O/c1-13-10-19-12-23(18(13)25)11-15-4-7-22(8-5-15)17-9-14(2)21-16-3-6-20-24(16)17/h3,6,9-10,12,15H,4-5,7-8,11H2,1-2H3. The molecular weight excluding hydrogens is 316 g/mol. The normalized spacial score (nSPS) is 15.8. The lowest BCUT2D eigenvalue weighted by molar-refractivity contribution is 0.349. The van der Waals surface area contributed by atoms with Crippen LogP contribution in [0.5, 0.6) is 0 Å². The monoisotopic (exact) mass is 338 g/mol. The van der Waals surface area contributed by atoms with E-state index in [2.05, 4.69) is 26.0 Å². The Labute approximate surface area is 145 Å². The van der Waals surface area contributed by atoms with E-state index in [0.29, 0.717) is 11.5 Å². The number of aromatic nitrogens is 5. The van der Waals surface area contributed by atoms with Crippen LogP contribution in [-0.2, 0) is 6.54 Å². The van der Waals surface area contributed by atoms with E-state index in [4.69, 9.17) is 0 Å². The summed E-state index contributed by atoms with van der Waals surface area (Å²) in [5.41, 5.74) is 2.66. The third kappa shape index (κ3) is 3.01. The molecule has 0 saturated carbocycles. The van der Waals surface area contributed by atoms with Crippen molar-refractivity contribution in [2.75, 3.05) is 18.0 Å². The largest absolute Gasteiger partial charge is 0.356 e. The Morgan fingerprint density at radius 2 is 2.04 bits per heavy atom. The van der Waals surface area contributed by atoms with Crippen LogP contribution in [0.3, 0.4) is 0 Å². The zero-order valence-electron chi connectivity index (χ0n) is 14.6. The molecule has 0 bridgehead atoms. The fraction of sp³-hybridized carbons (Fsp3) is 0.444. The molecule has 25 heavy (non-hydrogen) atoms. The molecular formula is C18H22N6O. The second-order valence-corrected chi connectivity index (χ2v) is 6.82. The van der Waals surface area contributed by atoms with Gasteiger partial charge in [0.2, 0.25) is 0 Å². The SMILES string of the molecule is Cc1cc(N2CCC(Cn3cncc(C)c3=O)CC2)n2nccc2n1. The van der Waals surface area contributed by atoms with Gasteiger partial charge in [0.15, 0.2) is 5.65 Å². The molecule has 1 saturated heterocycles. The lowest BCUT2D eigenvalue weighted by Crippen LogP contribution is -2.37. The van der Waals surface area contributed by atoms with Crippen molar-refractivity contribution in [3.63, 3.8) is 0 Å². The second-order valence-electron chi connectivity index (χ2n) is 6.82. The predicted octanol–water partition coefficient (Wildman–Crippen LogP) is 1.82. The molecule has 1 aliphatic rings. The first-order valence-electron chi connectivity index (χ1n) is 8.69. The van der Waals surface area contributed by atoms with Gasteiger partial charge in [-0.1, -0.05) is 0 Å². The fourth-order valence-corrected chi connectivity index (χ4v) is 3.56. The van der Waals surface area contributed by atoms with Crippen molar-refractivity contribution >= 4 is 11.5 Å². The Morgan fingerprint density at radius 1 is 1.24 bits per heavy atom. The Hall–Kier alpha value is -2.70. The third-order valence-corrected chi connectivity index (χ3v) is 4.93. The van der Waals surface area contributed by atoms with Gasteiger partial charge >= 0.3 is 0 Å². The number of rotatable bonds is 3. The molecule has 0 spiro atoms. The van der Waals surface area contributed by atoms with Gasteiger partial charge < -0.3 is 4.90 Å². The Kier molecular flexibility index (Phi) is 3.99. The second kappa shape index (κ2) is 6.31. The zero-order valence-corrected chi connectivity index (χ0v) is 14.6. The molecule has 1 fully saturated rings. The summed E-state index contributed by atoms with van der Waals surface area (Å²) in [6.45, 7) is 6.48. The molecule has 0 amide bonds. The van der Waals surface area contributed by atoms with Crippen LogP contribution >= 0.6 is 0 Å². The lowest BCUT2D eigenvalue weighted by Gasteiger charge is -2.33. The van der Waals surface area contributed by atoms with Gasteiger partial charge in [-0.25, -0.2) is 9.97 Å². The summed E-state index contributed by atoms with van der Waals surface area (Å²) in [5.74, 6) is 1.59. The van der Waals surface area contributed by atoms with Gasteiger partial charge in [-0.3, -0.25) is 9.36 Å². The van der Waals surface area contributed by atoms with E-state index in [1.165, 1.54) is 0 Å². The Balaban J connectivity index is 1.49. The van der Waals surface area contributed by atoms with Crippen molar-refractivity contribution in [2.24, 2.45) is 5.92 Å². The van der Waals surface area contributed by atoms with E-state index in [0.717, 1.165) is 49.6 Å². The summed E-state index contributed by atoms with van der Waals surface area (Å²) in [6.07, 6.45) is 7.16. The topological polar surface area (TPSA) is 68.3 Å². The summed E-state index contributed by atoms with van der Waals surface area (Å²) in [7, 11) is 0. The molecule has 0 atom stereocenters. The first-order chi connectivity index (χ1) is 12.1. The molecule has 0 aliphatic carbocycles. The van der Waals surface area contributed by atoms with Gasteiger partial charge in [-0.05, 0) is 32.6 Å². The van der Waals surface area contributed by atoms with Crippen LogP contribution in [0.4, 0.5) is 5.82 Å². The van der Waals surface area contributed by atoms with E-state index in [-0.39, 0.29) is 5.56 Å². The Bertz CT molecular complexity index is 952. The molecule has 4 heterocycles. The molecule has 130 valence electrons. The summed E-state index contributed by atoms with van der Waals surface area (Å²) < 4.78 is 3.65. The van der Waals surface area contributed by atoms with Crippen LogP contribution < -0.4 is 10.5 Å². The lowest BCUT2D eigenvalue weighted by atomic mass is 9.96. The fourth-order valence-electron chi connectivity index (χ4n) is 3.56. The minimum Gasteiger partial charge on any atom is -0.356 e. The number of anilines is 1. The number of nitrogens with zero attached hydrogens (tertiary/aromatic N) is 6. The smallest absolute Gasteiger partial charge is 0.256 e. The molecule has 0 aromatic carbocycles. The average molecular weight is 338 g/mol. The molecule has 4 rings (SSSR count). The average Bonchev–Trinajstić information content (AvgIpc) is 3.07. The molecule has 0 N–H and O–H groups in total. The van der Waals surface area contributed by atoms with Crippen molar-refractivity contribution in [3.05, 3.63) is 52.5 Å². The molecule has 7 heteroatoms. The molecule has 1 aliphatic heterocycles. The van der Waals surface area contributed by atoms with E-state index in [1.54, 1.807) is 23.3 Å². The van der Waals surface area contributed by atoms with Gasteiger partial charge in [0.25, 0.3) is 5.56 Å². The minimum absolute atomic E-state index is 0.0698. The number of aryl methyl sites for hydroxylation is 2. The molecule has 0 unspecified atom stereocenters. The van der Waals surface area contributed by atoms with Crippen LogP contribution in [0.15, 0.2) is 35.6 Å². The van der Waals surface area contributed by atoms with Crippen LogP contribution in [0.2, 0.25) is 0 Å². The molecule has 3 aromatic rings. The molecule has 7 nitrogen and oxygen atoms in total. The molecule has 0 radical (unpaired) electrons. The van der Waals surface area contributed by atoms with Gasteiger partial charge in [0.1, 0.15) is 5.82 Å². The van der Waals surface area contributed by atoms with Gasteiger partial charge in [-0.15, -0.1) is 0 Å². The van der Waals surface area contributed by atoms with Crippen molar-refractivity contribution in [1.82, 2.24) is 24.1 Å². The van der Waals surface area contributed by atoms with E-state index in [1.807, 2.05) is 24.4 Å². The molecule has 3 aromatic heterocycles. The number of hydrogen-bond donors (Lipinski definition) is 0. The van der Waals surface area contributed by atoms with Crippen LogP contribution in [0.1, 0.15) is 24.1 Å². The summed E-state index contributed by atoms with van der Waals surface area (Å²) in [6, 6.07) is 4.02. The summed E-state index contributed by atoms with van der Waals surface area (Å²) in [4.78, 5) is 23.2. The first-order valence-corrected chi connectivity index (χ1v) is 8.69. The summed E-state index contributed by atoms with van der Waals surface area (Å²) >= 11 is 0. The van der Waals surface area contributed by atoms with E-state index in [9.17, 15) is 4.79 Å². The number of fused-ring (bicyclic) bond motifs is 1. The van der Waals surface area contributed by atoms with Crippen LogP contribution in [-0.4, -0.2) is 37.2 Å². The van der Waals surface area contributed by atoms with Crippen LogP contribution in [0, 0.1) is 19.8 Å². The van der Waals surface area contributed by atoms with Gasteiger partial charge in [0.05, 0.1) is 12.5 Å². The van der Waals surface area contributed by atoms with Gasteiger partial charge in [0, 0.05) is 49.2 Å². The highest BCUT2D eigenvalue weighted by Crippen LogP contribution is 2.25. The van der Waals surface area contributed by atoms with Crippen molar-refractivity contribution in [1.29, 1.82) is 0 Å². The maximum absolute atomic E-state index is 12.2. The third-order valence-electron chi connectivity index (χ3n) is 4.93. The number of piperidine rings is 1. The summed E-state index contributed by atoms with van der Waals surface area (Å²) in [5, 5.41) is 4.40. The quantitative estimate of drug-likeness (QED) is 0.729. The van der Waals surface area contributed by atoms with E-state index < -0.39 is 0 Å². The predicted molar refractivity (Wildman–Crippen MR) is 95.9 cm³/mol. The van der Waals surface area contributed by atoms with Crippen LogP contribution in [0.25, 0.3) is 5.65 Å². The Morgan fingerprint density at radius 3 is 2.84 bits per heavy atom. The van der Waals surface area contributed by atoms with Crippen molar-refractivity contribution in [2.45, 2.75) is 33.2 Å². The highest BCUT2D eigenvalue weighted by molar-refractivity contribution is 5.50. The van der Waals surface area contributed by atoms with E-state index >= 15 is 0 Å². The maximum atomic E-state index is 12.2. The highest BCUT2D eigenvalue weighted by Gasteiger charge is 2.22. The first kappa shape index (κ1) is 15.8. The van der Waals surface area contributed by atoms with Crippen molar-refractivity contribution < 1.29 is 0 Å². The number of hydrogen-bond acceptors (Lipinski definition) is 5. The highest BCUT2D eigenvalue weighted by atomic mass is 16.1.